The molecule has 2 heteroatoms. The lowest BCUT2D eigenvalue weighted by Crippen LogP contribution is -2.48. The first kappa shape index (κ1) is 27.2. The minimum absolute atomic E-state index is 1.25. The smallest absolute Gasteiger partial charge is 0.0786 e. The van der Waals surface area contributed by atoms with E-state index < -0.39 is 0 Å². The fourth-order valence-electron chi connectivity index (χ4n) is 5.07. The highest BCUT2D eigenvalue weighted by atomic mass is 15.3. The molecule has 0 aliphatic rings. The monoisotopic (exact) mass is 418 g/mol. The Morgan fingerprint density at radius 2 is 0.733 bits per heavy atom. The first-order chi connectivity index (χ1) is 14.5. The van der Waals surface area contributed by atoms with Crippen LogP contribution in [0, 0.1) is 0 Å². The van der Waals surface area contributed by atoms with Crippen LogP contribution in [-0.2, 0) is 12.8 Å². The minimum Gasteiger partial charge on any atom is -0.324 e. The van der Waals surface area contributed by atoms with Crippen LogP contribution in [0.5, 0.6) is 0 Å². The normalized spacial score (nSPS) is 12.5. The molecule has 1 rings (SSSR count). The fourth-order valence-corrected chi connectivity index (χ4v) is 5.07. The quantitative estimate of drug-likeness (QED) is 0.180. The van der Waals surface area contributed by atoms with Gasteiger partial charge in [0.1, 0.15) is 0 Å². The van der Waals surface area contributed by atoms with Crippen molar-refractivity contribution in [1.82, 2.24) is 0 Å². The van der Waals surface area contributed by atoms with Gasteiger partial charge in [-0.1, -0.05) is 24.3 Å². The molecule has 0 amide bonds. The van der Waals surface area contributed by atoms with E-state index in [1.54, 1.807) is 0 Å². The van der Waals surface area contributed by atoms with E-state index in [0.717, 1.165) is 0 Å². The van der Waals surface area contributed by atoms with Gasteiger partial charge in [0, 0.05) is 0 Å². The van der Waals surface area contributed by atoms with Crippen LogP contribution < -0.4 is 0 Å². The van der Waals surface area contributed by atoms with Gasteiger partial charge < -0.3 is 8.97 Å². The fraction of sp³-hybridized carbons (Fsp3) is 0.786. The Balaban J connectivity index is 2.23. The number of benzene rings is 1. The minimum atomic E-state index is 1.25. The van der Waals surface area contributed by atoms with Crippen LogP contribution in [0.1, 0.15) is 91.2 Å². The third-order valence-corrected chi connectivity index (χ3v) is 8.24. The Bertz CT molecular complexity index is 461. The van der Waals surface area contributed by atoms with E-state index in [1.807, 2.05) is 0 Å². The lowest BCUT2D eigenvalue weighted by atomic mass is 10.0. The van der Waals surface area contributed by atoms with Crippen LogP contribution in [0.15, 0.2) is 24.3 Å². The van der Waals surface area contributed by atoms with E-state index in [2.05, 4.69) is 65.8 Å². The predicted molar refractivity (Wildman–Crippen MR) is 135 cm³/mol. The van der Waals surface area contributed by atoms with Crippen LogP contribution in [-0.4, -0.2) is 61.3 Å². The van der Waals surface area contributed by atoms with E-state index in [9.17, 15) is 0 Å². The third-order valence-electron chi connectivity index (χ3n) is 8.24. The molecule has 1 aromatic carbocycles. The summed E-state index contributed by atoms with van der Waals surface area (Å²) in [7, 11) is 0. The van der Waals surface area contributed by atoms with Gasteiger partial charge in [-0.15, -0.1) is 0 Å². The van der Waals surface area contributed by atoms with Gasteiger partial charge in [-0.25, -0.2) is 0 Å². The summed E-state index contributed by atoms with van der Waals surface area (Å²) in [6.45, 7) is 24.5. The van der Waals surface area contributed by atoms with Crippen LogP contribution in [0.25, 0.3) is 0 Å². The highest BCUT2D eigenvalue weighted by Crippen LogP contribution is 2.15. The van der Waals surface area contributed by atoms with E-state index >= 15 is 0 Å². The van der Waals surface area contributed by atoms with Crippen molar-refractivity contribution in [2.24, 2.45) is 0 Å². The number of rotatable bonds is 18. The average Bonchev–Trinajstić information content (AvgIpc) is 2.80. The molecule has 0 bridgehead atoms. The van der Waals surface area contributed by atoms with E-state index in [4.69, 9.17) is 0 Å². The number of hydrogen-bond donors (Lipinski definition) is 0. The molecule has 174 valence electrons. The Hall–Kier alpha value is -0.860. The van der Waals surface area contributed by atoms with Crippen molar-refractivity contribution in [3.05, 3.63) is 35.4 Å². The molecule has 0 aliphatic carbocycles. The molecular formula is C28H54N2+2. The summed E-state index contributed by atoms with van der Waals surface area (Å²) in [6, 6.07) is 9.53. The summed E-state index contributed by atoms with van der Waals surface area (Å²) in [6.07, 6.45) is 10.7. The second-order valence-electron chi connectivity index (χ2n) is 9.47. The SMILES string of the molecule is CC[N+](CC)(CC)CCCCCc1ccc(CCCCC[N+](CC)(CC)CC)cc1. The highest BCUT2D eigenvalue weighted by Gasteiger charge is 2.20. The summed E-state index contributed by atoms with van der Waals surface area (Å²) < 4.78 is 2.59. The number of hydrogen-bond acceptors (Lipinski definition) is 0. The van der Waals surface area contributed by atoms with Crippen molar-refractivity contribution in [2.75, 3.05) is 52.4 Å². The zero-order valence-electron chi connectivity index (χ0n) is 21.5. The number of quaternary nitrogens is 2. The summed E-state index contributed by atoms with van der Waals surface area (Å²) in [5.74, 6) is 0. The van der Waals surface area contributed by atoms with Crippen LogP contribution in [0.4, 0.5) is 0 Å². The van der Waals surface area contributed by atoms with Gasteiger partial charge in [-0.05, 0) is 104 Å². The first-order valence-electron chi connectivity index (χ1n) is 13.3. The van der Waals surface area contributed by atoms with Crippen molar-refractivity contribution in [3.63, 3.8) is 0 Å². The standard InChI is InChI=1S/C28H54N2/c1-7-29(8-2,9-3)25-17-13-15-19-27-21-23-28(24-22-27)20-16-14-18-26-30(10-4,11-5)12-6/h21-24H,7-20,25-26H2,1-6H3/q+2. The van der Waals surface area contributed by atoms with Crippen molar-refractivity contribution in [2.45, 2.75) is 92.9 Å². The average molecular weight is 419 g/mol. The number of unbranched alkanes of at least 4 members (excludes halogenated alkanes) is 4. The topological polar surface area (TPSA) is 0 Å². The van der Waals surface area contributed by atoms with Gasteiger partial charge in [0.05, 0.1) is 52.4 Å². The van der Waals surface area contributed by atoms with Crippen LogP contribution in [0.3, 0.4) is 0 Å². The summed E-state index contributed by atoms with van der Waals surface area (Å²) in [4.78, 5) is 0. The molecule has 2 nitrogen and oxygen atoms in total. The van der Waals surface area contributed by atoms with Gasteiger partial charge in [0.15, 0.2) is 0 Å². The van der Waals surface area contributed by atoms with Crippen LogP contribution in [0.2, 0.25) is 0 Å². The Morgan fingerprint density at radius 3 is 1.00 bits per heavy atom. The third kappa shape index (κ3) is 9.10. The second-order valence-corrected chi connectivity index (χ2v) is 9.47. The van der Waals surface area contributed by atoms with Crippen molar-refractivity contribution in [1.29, 1.82) is 0 Å². The maximum absolute atomic E-state index is 2.38. The molecule has 0 fully saturated rings. The molecule has 0 radical (unpaired) electrons. The molecule has 0 aliphatic heterocycles. The molecule has 0 unspecified atom stereocenters. The van der Waals surface area contributed by atoms with Crippen LogP contribution >= 0.6 is 0 Å². The summed E-state index contributed by atoms with van der Waals surface area (Å²) in [5.41, 5.74) is 3.05. The first-order valence-corrected chi connectivity index (χ1v) is 13.3. The Morgan fingerprint density at radius 1 is 0.433 bits per heavy atom. The summed E-state index contributed by atoms with van der Waals surface area (Å²) >= 11 is 0. The highest BCUT2D eigenvalue weighted by molar-refractivity contribution is 5.22. The lowest BCUT2D eigenvalue weighted by molar-refractivity contribution is -0.923. The van der Waals surface area contributed by atoms with Gasteiger partial charge in [-0.3, -0.25) is 0 Å². The molecule has 0 saturated heterocycles. The molecule has 0 aromatic heterocycles. The Labute approximate surface area is 189 Å². The maximum atomic E-state index is 2.38. The predicted octanol–water partition coefficient (Wildman–Crippen LogP) is 6.87. The Kier molecular flexibility index (Phi) is 13.6. The molecule has 0 atom stereocenters. The number of nitrogens with zero attached hydrogens (tertiary/aromatic N) is 2. The molecule has 0 spiro atoms. The van der Waals surface area contributed by atoms with E-state index in [0.29, 0.717) is 0 Å². The maximum Gasteiger partial charge on any atom is 0.0786 e. The van der Waals surface area contributed by atoms with Gasteiger partial charge in [0.25, 0.3) is 0 Å². The van der Waals surface area contributed by atoms with Gasteiger partial charge in [-0.2, -0.15) is 0 Å². The summed E-state index contributed by atoms with van der Waals surface area (Å²) in [5, 5.41) is 0. The van der Waals surface area contributed by atoms with Crippen molar-refractivity contribution >= 4 is 0 Å². The van der Waals surface area contributed by atoms with E-state index in [-0.39, 0.29) is 0 Å². The van der Waals surface area contributed by atoms with Crippen molar-refractivity contribution in [3.8, 4) is 0 Å². The zero-order chi connectivity index (χ0) is 22.3. The zero-order valence-corrected chi connectivity index (χ0v) is 21.5. The molecular weight excluding hydrogens is 364 g/mol. The van der Waals surface area contributed by atoms with Gasteiger partial charge >= 0.3 is 0 Å². The molecule has 1 aromatic rings. The second kappa shape index (κ2) is 15.0. The van der Waals surface area contributed by atoms with Crippen molar-refractivity contribution < 1.29 is 8.97 Å². The number of aryl methyl sites for hydroxylation is 2. The van der Waals surface area contributed by atoms with E-state index in [1.165, 1.54) is 124 Å². The molecule has 30 heavy (non-hydrogen) atoms. The molecule has 0 saturated carbocycles. The lowest BCUT2D eigenvalue weighted by Gasteiger charge is -2.35. The van der Waals surface area contributed by atoms with Gasteiger partial charge in [0.2, 0.25) is 0 Å². The largest absolute Gasteiger partial charge is 0.324 e. The molecule has 0 N–H and O–H groups in total. The molecule has 0 heterocycles.